The third-order valence-corrected chi connectivity index (χ3v) is 3.04. The summed E-state index contributed by atoms with van der Waals surface area (Å²) in [6.07, 6.45) is 0. The molecule has 0 spiro atoms. The SMILES string of the molecule is CCOC(=O)c1ccc(C#Cc2ccccc2C(C)=O)cc1. The molecule has 0 atom stereocenters. The molecule has 0 saturated carbocycles. The highest BCUT2D eigenvalue weighted by molar-refractivity contribution is 5.96. The van der Waals surface area contributed by atoms with Crippen LogP contribution < -0.4 is 0 Å². The second-order valence-corrected chi connectivity index (χ2v) is 4.65. The number of ether oxygens (including phenoxy) is 1. The molecule has 0 saturated heterocycles. The monoisotopic (exact) mass is 292 g/mol. The summed E-state index contributed by atoms with van der Waals surface area (Å²) in [4.78, 5) is 23.1. The van der Waals surface area contributed by atoms with Crippen LogP contribution in [0.5, 0.6) is 0 Å². The molecule has 0 radical (unpaired) electrons. The van der Waals surface area contributed by atoms with Crippen molar-refractivity contribution in [2.75, 3.05) is 6.61 Å². The number of carbonyl (C=O) groups excluding carboxylic acids is 2. The summed E-state index contributed by atoms with van der Waals surface area (Å²) in [5, 5.41) is 0. The Balaban J connectivity index is 2.23. The maximum atomic E-state index is 11.6. The highest BCUT2D eigenvalue weighted by Gasteiger charge is 2.05. The molecular formula is C19H16O3. The topological polar surface area (TPSA) is 43.4 Å². The Morgan fingerprint density at radius 2 is 1.68 bits per heavy atom. The molecule has 0 fully saturated rings. The van der Waals surface area contributed by atoms with Crippen molar-refractivity contribution >= 4 is 11.8 Å². The van der Waals surface area contributed by atoms with Crippen LogP contribution in [0.2, 0.25) is 0 Å². The fraction of sp³-hybridized carbons (Fsp3) is 0.158. The third kappa shape index (κ3) is 3.83. The molecule has 2 aromatic carbocycles. The molecule has 0 N–H and O–H groups in total. The van der Waals surface area contributed by atoms with Crippen molar-refractivity contribution in [3.05, 3.63) is 70.8 Å². The van der Waals surface area contributed by atoms with Gasteiger partial charge in [0.15, 0.2) is 5.78 Å². The fourth-order valence-electron chi connectivity index (χ4n) is 1.94. The van der Waals surface area contributed by atoms with Crippen molar-refractivity contribution < 1.29 is 14.3 Å². The number of Topliss-reactive ketones (excluding diaryl/α,β-unsaturated/α-hetero) is 1. The van der Waals surface area contributed by atoms with Gasteiger partial charge in [-0.1, -0.05) is 30.0 Å². The molecule has 2 rings (SSSR count). The number of hydrogen-bond acceptors (Lipinski definition) is 3. The lowest BCUT2D eigenvalue weighted by Crippen LogP contribution is -2.04. The van der Waals surface area contributed by atoms with E-state index in [-0.39, 0.29) is 11.8 Å². The molecule has 3 nitrogen and oxygen atoms in total. The molecule has 0 heterocycles. The third-order valence-electron chi connectivity index (χ3n) is 3.04. The van der Waals surface area contributed by atoms with Crippen LogP contribution in [0, 0.1) is 11.8 Å². The zero-order chi connectivity index (χ0) is 15.9. The number of carbonyl (C=O) groups is 2. The number of ketones is 1. The lowest BCUT2D eigenvalue weighted by atomic mass is 10.0. The smallest absolute Gasteiger partial charge is 0.338 e. The van der Waals surface area contributed by atoms with Gasteiger partial charge in [-0.15, -0.1) is 0 Å². The number of rotatable bonds is 3. The standard InChI is InChI=1S/C19H16O3/c1-3-22-19(21)17-12-9-15(10-13-17)8-11-16-6-4-5-7-18(16)14(2)20/h4-7,9-10,12-13H,3H2,1-2H3. The largest absolute Gasteiger partial charge is 0.462 e. The van der Waals surface area contributed by atoms with Crippen LogP contribution in [-0.4, -0.2) is 18.4 Å². The van der Waals surface area contributed by atoms with Crippen LogP contribution in [0.25, 0.3) is 0 Å². The lowest BCUT2D eigenvalue weighted by molar-refractivity contribution is 0.0526. The van der Waals surface area contributed by atoms with Crippen LogP contribution in [0.1, 0.15) is 45.7 Å². The summed E-state index contributed by atoms with van der Waals surface area (Å²) in [5.41, 5.74) is 2.57. The Hall–Kier alpha value is -2.86. The van der Waals surface area contributed by atoms with Crippen molar-refractivity contribution in [2.45, 2.75) is 13.8 Å². The van der Waals surface area contributed by atoms with Crippen molar-refractivity contribution in [1.82, 2.24) is 0 Å². The van der Waals surface area contributed by atoms with E-state index in [1.807, 2.05) is 18.2 Å². The minimum atomic E-state index is -0.344. The van der Waals surface area contributed by atoms with E-state index in [1.54, 1.807) is 37.3 Å². The Bertz CT molecular complexity index is 746. The molecule has 0 unspecified atom stereocenters. The van der Waals surface area contributed by atoms with Crippen molar-refractivity contribution in [2.24, 2.45) is 0 Å². The average Bonchev–Trinajstić information content (AvgIpc) is 2.54. The van der Waals surface area contributed by atoms with Crippen molar-refractivity contribution in [3.8, 4) is 11.8 Å². The molecule has 0 aromatic heterocycles. The molecule has 0 aliphatic carbocycles. The molecule has 110 valence electrons. The van der Waals surface area contributed by atoms with Gasteiger partial charge in [0.2, 0.25) is 0 Å². The Morgan fingerprint density at radius 3 is 2.32 bits per heavy atom. The zero-order valence-electron chi connectivity index (χ0n) is 12.6. The molecule has 0 aliphatic rings. The van der Waals surface area contributed by atoms with E-state index in [9.17, 15) is 9.59 Å². The van der Waals surface area contributed by atoms with Crippen molar-refractivity contribution in [1.29, 1.82) is 0 Å². The van der Waals surface area contributed by atoms with Crippen LogP contribution in [0.4, 0.5) is 0 Å². The Morgan fingerprint density at radius 1 is 1.00 bits per heavy atom. The van der Waals surface area contributed by atoms with E-state index in [0.717, 1.165) is 5.56 Å². The van der Waals surface area contributed by atoms with Crippen LogP contribution in [-0.2, 0) is 4.74 Å². The molecule has 0 bridgehead atoms. The van der Waals surface area contributed by atoms with Gasteiger partial charge < -0.3 is 4.74 Å². The summed E-state index contributed by atoms with van der Waals surface area (Å²) < 4.78 is 4.93. The summed E-state index contributed by atoms with van der Waals surface area (Å²) in [6, 6.07) is 14.1. The Kier molecular flexibility index (Phi) is 5.11. The first kappa shape index (κ1) is 15.5. The van der Waals surface area contributed by atoms with Gasteiger partial charge in [-0.3, -0.25) is 4.79 Å². The molecule has 0 amide bonds. The minimum absolute atomic E-state index is 0.0115. The zero-order valence-corrected chi connectivity index (χ0v) is 12.6. The fourth-order valence-corrected chi connectivity index (χ4v) is 1.94. The van der Waals surface area contributed by atoms with Gasteiger partial charge in [0.05, 0.1) is 12.2 Å². The lowest BCUT2D eigenvalue weighted by Gasteiger charge is -2.01. The normalized spacial score (nSPS) is 9.55. The Labute approximate surface area is 129 Å². The molecular weight excluding hydrogens is 276 g/mol. The maximum absolute atomic E-state index is 11.6. The first-order valence-corrected chi connectivity index (χ1v) is 7.01. The second kappa shape index (κ2) is 7.24. The second-order valence-electron chi connectivity index (χ2n) is 4.65. The first-order chi connectivity index (χ1) is 10.6. The van der Waals surface area contributed by atoms with Gasteiger partial charge in [-0.05, 0) is 44.2 Å². The van der Waals surface area contributed by atoms with Crippen molar-refractivity contribution in [3.63, 3.8) is 0 Å². The molecule has 0 aliphatic heterocycles. The summed E-state index contributed by atoms with van der Waals surface area (Å²) in [5.74, 6) is 5.64. The van der Waals surface area contributed by atoms with E-state index < -0.39 is 0 Å². The van der Waals surface area contributed by atoms with Gasteiger partial charge in [0, 0.05) is 16.7 Å². The van der Waals surface area contributed by atoms with Gasteiger partial charge in [0.1, 0.15) is 0 Å². The van der Waals surface area contributed by atoms with Gasteiger partial charge >= 0.3 is 5.97 Å². The summed E-state index contributed by atoms with van der Waals surface area (Å²) in [6.45, 7) is 3.64. The van der Waals surface area contributed by atoms with Crippen LogP contribution in [0.3, 0.4) is 0 Å². The first-order valence-electron chi connectivity index (χ1n) is 7.01. The predicted octanol–water partition coefficient (Wildman–Crippen LogP) is 3.47. The van der Waals surface area contributed by atoms with Crippen LogP contribution in [0.15, 0.2) is 48.5 Å². The highest BCUT2D eigenvalue weighted by Crippen LogP contribution is 2.09. The molecule has 22 heavy (non-hydrogen) atoms. The number of hydrogen-bond donors (Lipinski definition) is 0. The highest BCUT2D eigenvalue weighted by atomic mass is 16.5. The summed E-state index contributed by atoms with van der Waals surface area (Å²) >= 11 is 0. The molecule has 3 heteroatoms. The maximum Gasteiger partial charge on any atom is 0.338 e. The quantitative estimate of drug-likeness (QED) is 0.494. The van der Waals surface area contributed by atoms with Gasteiger partial charge in [-0.25, -0.2) is 4.79 Å². The number of esters is 1. The average molecular weight is 292 g/mol. The van der Waals surface area contributed by atoms with E-state index in [0.29, 0.717) is 23.3 Å². The number of benzene rings is 2. The van der Waals surface area contributed by atoms with E-state index in [2.05, 4.69) is 11.8 Å². The van der Waals surface area contributed by atoms with Crippen LogP contribution >= 0.6 is 0 Å². The summed E-state index contributed by atoms with van der Waals surface area (Å²) in [7, 11) is 0. The van der Waals surface area contributed by atoms with Gasteiger partial charge in [-0.2, -0.15) is 0 Å². The predicted molar refractivity (Wildman–Crippen MR) is 84.8 cm³/mol. The van der Waals surface area contributed by atoms with E-state index >= 15 is 0 Å². The molecule has 2 aromatic rings. The van der Waals surface area contributed by atoms with E-state index in [1.165, 1.54) is 6.92 Å². The van der Waals surface area contributed by atoms with Gasteiger partial charge in [0.25, 0.3) is 0 Å². The van der Waals surface area contributed by atoms with E-state index in [4.69, 9.17) is 4.74 Å². The minimum Gasteiger partial charge on any atom is -0.462 e.